The minimum Gasteiger partial charge on any atom is -0.480 e. The second kappa shape index (κ2) is 14.7. The molecule has 0 saturated heterocycles. The zero-order valence-electron chi connectivity index (χ0n) is 21.8. The molecule has 41 heavy (non-hydrogen) atoms. The number of nitrogens with one attached hydrogen (secondary N) is 3. The number of hydrogen-bond donors (Lipinski definition) is 5. The Morgan fingerprint density at radius 2 is 2.02 bits per heavy atom. The van der Waals surface area contributed by atoms with E-state index in [2.05, 4.69) is 25.3 Å². The number of rotatable bonds is 15. The Hall–Kier alpha value is -3.82. The fraction of sp³-hybridized carbons (Fsp3) is 0.308. The molecule has 4 heterocycles. The average molecular weight is 617 g/mol. The lowest BCUT2D eigenvalue weighted by Crippen LogP contribution is -2.40. The smallest absolute Gasteiger partial charge is 0.326 e. The highest BCUT2D eigenvalue weighted by atomic mass is 33.1. The molecule has 4 rings (SSSR count). The number of thiophene rings is 1. The quantitative estimate of drug-likeness (QED) is 0.0746. The number of carboxylic acid groups (broad SMARTS) is 1. The molecule has 0 bridgehead atoms. The largest absolute Gasteiger partial charge is 0.480 e. The van der Waals surface area contributed by atoms with E-state index in [4.69, 9.17) is 10.5 Å². The van der Waals surface area contributed by atoms with Crippen LogP contribution in [0.25, 0.3) is 11.0 Å². The number of carbonyl (C=O) groups is 3. The number of fused-ring (bicyclic) bond motifs is 1. The number of carbonyl (C=O) groups excluding carboxylic acids is 2. The van der Waals surface area contributed by atoms with Crippen molar-refractivity contribution in [3.05, 3.63) is 68.4 Å². The highest BCUT2D eigenvalue weighted by Crippen LogP contribution is 2.28. The van der Waals surface area contributed by atoms with Crippen LogP contribution in [0.1, 0.15) is 39.5 Å². The Kier molecular flexibility index (Phi) is 10.8. The van der Waals surface area contributed by atoms with Gasteiger partial charge in [0.2, 0.25) is 5.95 Å². The summed E-state index contributed by atoms with van der Waals surface area (Å²) in [4.78, 5) is 63.6. The van der Waals surface area contributed by atoms with Crippen molar-refractivity contribution >= 4 is 67.8 Å². The van der Waals surface area contributed by atoms with Crippen LogP contribution in [0.3, 0.4) is 0 Å². The number of nitrogens with zero attached hydrogens (tertiary/aromatic N) is 2. The summed E-state index contributed by atoms with van der Waals surface area (Å²) >= 11 is 1.28. The van der Waals surface area contributed by atoms with Crippen molar-refractivity contribution in [1.29, 1.82) is 0 Å². The van der Waals surface area contributed by atoms with E-state index in [1.807, 2.05) is 24.3 Å². The van der Waals surface area contributed by atoms with E-state index in [1.54, 1.807) is 18.3 Å². The Balaban J connectivity index is 1.17. The fourth-order valence-corrected chi connectivity index (χ4v) is 6.48. The van der Waals surface area contributed by atoms with Crippen LogP contribution in [0.2, 0.25) is 0 Å². The van der Waals surface area contributed by atoms with E-state index >= 15 is 0 Å². The number of nitrogens with two attached hydrogens (primary N) is 1. The summed E-state index contributed by atoms with van der Waals surface area (Å²) in [6, 6.07) is 9.61. The predicted octanol–water partition coefficient (Wildman–Crippen LogP) is 3.41. The van der Waals surface area contributed by atoms with Crippen LogP contribution < -0.4 is 16.6 Å². The minimum atomic E-state index is -1.22. The third-order valence-corrected chi connectivity index (χ3v) is 9.15. The molecule has 4 aromatic rings. The SMILES string of the molecule is Nc1nc2[nH]c(CCCc3ccc(C(=O)N[C@@H](CCC(=O)OCCSSc4ccccn4)C(=O)O)s3)cc2c(=O)[nH]1. The van der Waals surface area contributed by atoms with Gasteiger partial charge in [-0.1, -0.05) is 16.9 Å². The summed E-state index contributed by atoms with van der Waals surface area (Å²) in [6.07, 6.45) is 3.59. The number of H-pyrrole nitrogens is 2. The molecule has 0 aliphatic rings. The lowest BCUT2D eigenvalue weighted by molar-refractivity contribution is -0.144. The van der Waals surface area contributed by atoms with Gasteiger partial charge in [-0.25, -0.2) is 9.78 Å². The number of carboxylic acids is 1. The molecule has 0 radical (unpaired) electrons. The number of hydrogen-bond acceptors (Lipinski definition) is 11. The lowest BCUT2D eigenvalue weighted by atomic mass is 10.1. The highest BCUT2D eigenvalue weighted by Gasteiger charge is 2.23. The molecule has 0 spiro atoms. The third-order valence-electron chi connectivity index (χ3n) is 5.78. The maximum atomic E-state index is 12.7. The van der Waals surface area contributed by atoms with Gasteiger partial charge in [0.25, 0.3) is 11.5 Å². The number of aryl methyl sites for hydroxylation is 2. The van der Waals surface area contributed by atoms with Crippen LogP contribution in [0.15, 0.2) is 52.4 Å². The van der Waals surface area contributed by atoms with Crippen molar-refractivity contribution in [3.63, 3.8) is 0 Å². The molecule has 6 N–H and O–H groups in total. The van der Waals surface area contributed by atoms with Crippen LogP contribution in [0, 0.1) is 0 Å². The first kappa shape index (κ1) is 30.1. The van der Waals surface area contributed by atoms with Gasteiger partial charge in [-0.2, -0.15) is 4.98 Å². The van der Waals surface area contributed by atoms with Gasteiger partial charge in [0, 0.05) is 28.9 Å². The van der Waals surface area contributed by atoms with Crippen LogP contribution in [0.5, 0.6) is 0 Å². The third kappa shape index (κ3) is 9.09. The molecule has 1 atom stereocenters. The van der Waals surface area contributed by atoms with Crippen LogP contribution in [-0.4, -0.2) is 61.3 Å². The van der Waals surface area contributed by atoms with Crippen LogP contribution in [-0.2, 0) is 27.2 Å². The predicted molar refractivity (Wildman–Crippen MR) is 159 cm³/mol. The lowest BCUT2D eigenvalue weighted by Gasteiger charge is -2.13. The van der Waals surface area contributed by atoms with E-state index in [0.717, 1.165) is 22.0 Å². The van der Waals surface area contributed by atoms with Gasteiger partial charge in [0.1, 0.15) is 23.3 Å². The normalized spacial score (nSPS) is 11.8. The topological polar surface area (TPSA) is 193 Å². The zero-order chi connectivity index (χ0) is 29.2. The Labute approximate surface area is 246 Å². The van der Waals surface area contributed by atoms with Gasteiger partial charge in [-0.05, 0) is 66.8 Å². The number of aliphatic carboxylic acids is 1. The summed E-state index contributed by atoms with van der Waals surface area (Å²) in [7, 11) is 2.97. The molecule has 0 aromatic carbocycles. The van der Waals surface area contributed by atoms with Crippen molar-refractivity contribution in [3.8, 4) is 0 Å². The average Bonchev–Trinajstić information content (AvgIpc) is 3.58. The second-order valence-electron chi connectivity index (χ2n) is 8.82. The van der Waals surface area contributed by atoms with Crippen molar-refractivity contribution in [2.75, 3.05) is 18.1 Å². The molecule has 4 aromatic heterocycles. The van der Waals surface area contributed by atoms with Gasteiger partial charge in [-0.3, -0.25) is 19.4 Å². The maximum absolute atomic E-state index is 12.7. The number of nitrogen functional groups attached to an aromatic ring is 1. The van der Waals surface area contributed by atoms with Crippen molar-refractivity contribution in [2.24, 2.45) is 0 Å². The first-order valence-corrected chi connectivity index (χ1v) is 15.8. The molecule has 0 aliphatic carbocycles. The van der Waals surface area contributed by atoms with Gasteiger partial charge in [0.15, 0.2) is 0 Å². The Bertz CT molecular complexity index is 1550. The molecule has 12 nitrogen and oxygen atoms in total. The molecule has 1 amide bonds. The molecule has 0 unspecified atom stereocenters. The van der Waals surface area contributed by atoms with E-state index in [0.29, 0.717) is 34.5 Å². The number of aromatic nitrogens is 4. The first-order valence-electron chi connectivity index (χ1n) is 12.6. The van der Waals surface area contributed by atoms with Gasteiger partial charge in [0.05, 0.1) is 10.3 Å². The molecule has 0 fully saturated rings. The first-order chi connectivity index (χ1) is 19.8. The molecule has 216 valence electrons. The van der Waals surface area contributed by atoms with Crippen molar-refractivity contribution < 1.29 is 24.2 Å². The van der Waals surface area contributed by atoms with Crippen molar-refractivity contribution in [2.45, 2.75) is 43.2 Å². The fourth-order valence-electron chi connectivity index (χ4n) is 3.82. The second-order valence-corrected chi connectivity index (χ2v) is 12.4. The van der Waals surface area contributed by atoms with Crippen LogP contribution in [0.4, 0.5) is 5.95 Å². The van der Waals surface area contributed by atoms with Gasteiger partial charge >= 0.3 is 11.9 Å². The molecular formula is C26H28N6O6S3. The van der Waals surface area contributed by atoms with E-state index < -0.39 is 23.9 Å². The maximum Gasteiger partial charge on any atom is 0.326 e. The molecule has 15 heteroatoms. The standard InChI is InChI=1S/C26H28N6O6S3/c27-26-31-22-17(23(34)32-26)14-15(29-22)4-3-5-16-7-9-19(40-16)24(35)30-18(25(36)37)8-10-21(33)38-12-13-39-41-20-6-1-2-11-28-20/h1-2,6-7,9,11,14,18H,3-5,8,10,12-13H2,(H,30,35)(H,36,37)(H4,27,29,31,32,34)/t18-/m0/s1. The zero-order valence-corrected chi connectivity index (χ0v) is 24.2. The number of ether oxygens (including phenoxy) is 1. The number of esters is 1. The molecular weight excluding hydrogens is 589 g/mol. The summed E-state index contributed by atoms with van der Waals surface area (Å²) in [6.45, 7) is 0.190. The number of amides is 1. The summed E-state index contributed by atoms with van der Waals surface area (Å²) in [5.41, 5.74) is 6.57. The monoisotopic (exact) mass is 616 g/mol. The minimum absolute atomic E-state index is 0.0482. The van der Waals surface area contributed by atoms with E-state index in [1.165, 1.54) is 32.9 Å². The summed E-state index contributed by atoms with van der Waals surface area (Å²) < 4.78 is 5.18. The summed E-state index contributed by atoms with van der Waals surface area (Å²) in [5, 5.41) is 13.3. The van der Waals surface area contributed by atoms with E-state index in [-0.39, 0.29) is 31.0 Å². The number of anilines is 1. The van der Waals surface area contributed by atoms with Gasteiger partial charge < -0.3 is 25.9 Å². The Morgan fingerprint density at radius 1 is 1.17 bits per heavy atom. The van der Waals surface area contributed by atoms with Crippen molar-refractivity contribution in [1.82, 2.24) is 25.3 Å². The highest BCUT2D eigenvalue weighted by molar-refractivity contribution is 8.76. The summed E-state index contributed by atoms with van der Waals surface area (Å²) in [5.74, 6) is -1.65. The number of aromatic amines is 2. The molecule has 0 saturated carbocycles. The van der Waals surface area contributed by atoms with Crippen LogP contribution >= 0.6 is 32.9 Å². The number of pyridine rings is 1. The Morgan fingerprint density at radius 3 is 2.80 bits per heavy atom. The van der Waals surface area contributed by atoms with E-state index in [9.17, 15) is 24.3 Å². The molecule has 0 aliphatic heterocycles. The van der Waals surface area contributed by atoms with Gasteiger partial charge in [-0.15, -0.1) is 11.3 Å².